The lowest BCUT2D eigenvalue weighted by Gasteiger charge is -2.49. The molecule has 3 rings (SSSR count). The molecule has 3 heterocycles. The van der Waals surface area contributed by atoms with E-state index in [0.717, 1.165) is 35.1 Å². The van der Waals surface area contributed by atoms with Crippen LogP contribution in [-0.2, 0) is 9.53 Å². The minimum absolute atomic E-state index is 0. The molecule has 132 valence electrons. The van der Waals surface area contributed by atoms with Crippen molar-refractivity contribution in [1.29, 1.82) is 0 Å². The number of nitrogens with zero attached hydrogens (tertiary/aromatic N) is 2. The average molecular weight is 538 g/mol. The Balaban J connectivity index is 0.00000220. The summed E-state index contributed by atoms with van der Waals surface area (Å²) in [5.41, 5.74) is 0. The maximum atomic E-state index is 12.4. The minimum Gasteiger partial charge on any atom is -1.00 e. The number of carbonyl (C=O) groups excluding carboxylic acids is 1. The largest absolute Gasteiger partial charge is 1.00 e. The van der Waals surface area contributed by atoms with Crippen LogP contribution in [0.25, 0.3) is 0 Å². The summed E-state index contributed by atoms with van der Waals surface area (Å²) >= 11 is 0. The van der Waals surface area contributed by atoms with Gasteiger partial charge in [-0.3, -0.25) is 4.79 Å². The zero-order chi connectivity index (χ0) is 14.8. The molecular formula is C16H32I2N2O2. The van der Waals surface area contributed by atoms with Gasteiger partial charge in [0.1, 0.15) is 19.1 Å². The van der Waals surface area contributed by atoms with Gasteiger partial charge in [-0.1, -0.05) is 0 Å². The summed E-state index contributed by atoms with van der Waals surface area (Å²) in [6.45, 7) is 11.6. The highest BCUT2D eigenvalue weighted by Crippen LogP contribution is 2.36. The monoisotopic (exact) mass is 538 g/mol. The van der Waals surface area contributed by atoms with Crippen LogP contribution in [0.5, 0.6) is 0 Å². The maximum Gasteiger partial charge on any atom is 0.315 e. The fourth-order valence-electron chi connectivity index (χ4n) is 3.70. The Morgan fingerprint density at radius 3 is 2.18 bits per heavy atom. The summed E-state index contributed by atoms with van der Waals surface area (Å²) in [6.07, 6.45) is 2.40. The van der Waals surface area contributed by atoms with Crippen molar-refractivity contribution in [3.8, 4) is 0 Å². The highest BCUT2D eigenvalue weighted by molar-refractivity contribution is 5.73. The number of esters is 1. The van der Waals surface area contributed by atoms with Crippen molar-refractivity contribution in [2.24, 2.45) is 11.8 Å². The molecule has 1 unspecified atom stereocenters. The van der Waals surface area contributed by atoms with Crippen molar-refractivity contribution < 1.29 is 66.5 Å². The quantitative estimate of drug-likeness (QED) is 0.194. The Morgan fingerprint density at radius 1 is 1.18 bits per heavy atom. The molecule has 4 nitrogen and oxygen atoms in total. The fraction of sp³-hybridized carbons (Fsp3) is 0.938. The molecular weight excluding hydrogens is 506 g/mol. The van der Waals surface area contributed by atoms with E-state index in [1.807, 2.05) is 0 Å². The number of carbonyl (C=O) groups is 1. The highest BCUT2D eigenvalue weighted by atomic mass is 127. The van der Waals surface area contributed by atoms with Crippen molar-refractivity contribution in [2.75, 3.05) is 60.0 Å². The van der Waals surface area contributed by atoms with E-state index in [1.54, 1.807) is 0 Å². The van der Waals surface area contributed by atoms with E-state index >= 15 is 0 Å². The summed E-state index contributed by atoms with van der Waals surface area (Å²) in [7, 11) is 4.52. The molecule has 0 aliphatic carbocycles. The van der Waals surface area contributed by atoms with Crippen LogP contribution < -0.4 is 48.0 Å². The molecule has 0 aromatic rings. The van der Waals surface area contributed by atoms with Crippen LogP contribution in [0.4, 0.5) is 0 Å². The van der Waals surface area contributed by atoms with Gasteiger partial charge in [0.25, 0.3) is 0 Å². The van der Waals surface area contributed by atoms with Gasteiger partial charge in [0.15, 0.2) is 0 Å². The second-order valence-corrected chi connectivity index (χ2v) is 7.34. The predicted octanol–water partition coefficient (Wildman–Crippen LogP) is -4.49. The van der Waals surface area contributed by atoms with Crippen LogP contribution in [0.1, 0.15) is 26.7 Å². The second kappa shape index (κ2) is 9.36. The van der Waals surface area contributed by atoms with Crippen LogP contribution in [0.3, 0.4) is 0 Å². The molecule has 0 aromatic heterocycles. The van der Waals surface area contributed by atoms with Gasteiger partial charge in [-0.25, -0.2) is 0 Å². The van der Waals surface area contributed by atoms with E-state index in [1.165, 1.54) is 25.9 Å². The third-order valence-corrected chi connectivity index (χ3v) is 5.99. The zero-order valence-electron chi connectivity index (χ0n) is 14.5. The number of quaternary nitrogens is 2. The lowest BCUT2D eigenvalue weighted by molar-refractivity contribution is -0.927. The van der Waals surface area contributed by atoms with Crippen molar-refractivity contribution in [3.63, 3.8) is 0 Å². The molecule has 1 atom stereocenters. The Bertz CT molecular complexity index is 354. The van der Waals surface area contributed by atoms with E-state index in [-0.39, 0.29) is 59.8 Å². The Hall–Kier alpha value is 0.850. The number of rotatable bonds is 6. The third-order valence-electron chi connectivity index (χ3n) is 5.99. The standard InChI is InChI=1S/C16H32N2O2.2HI/c1-5-17(3,6-2)11-12-20-16(19)15-13-18(4)9-7-14(15)8-10-18;;/h14-15H,5-13H2,1-4H3;2*1H/q+2;;/p-2. The highest BCUT2D eigenvalue weighted by Gasteiger charge is 2.47. The van der Waals surface area contributed by atoms with Crippen molar-refractivity contribution >= 4 is 5.97 Å². The minimum atomic E-state index is 0. The maximum absolute atomic E-state index is 12.4. The molecule has 2 bridgehead atoms. The number of halogens is 2. The smallest absolute Gasteiger partial charge is 0.315 e. The number of piperidine rings is 3. The molecule has 3 aliphatic heterocycles. The topological polar surface area (TPSA) is 26.3 Å². The van der Waals surface area contributed by atoms with Gasteiger partial charge in [0, 0.05) is 12.8 Å². The van der Waals surface area contributed by atoms with E-state index in [4.69, 9.17) is 4.74 Å². The van der Waals surface area contributed by atoms with Crippen molar-refractivity contribution in [1.82, 2.24) is 0 Å². The molecule has 3 aliphatic rings. The van der Waals surface area contributed by atoms with Crippen LogP contribution >= 0.6 is 0 Å². The second-order valence-electron chi connectivity index (χ2n) is 7.34. The third kappa shape index (κ3) is 5.44. The fourth-order valence-corrected chi connectivity index (χ4v) is 3.70. The molecule has 3 saturated heterocycles. The molecule has 0 N–H and O–H groups in total. The molecule has 0 spiro atoms. The van der Waals surface area contributed by atoms with Gasteiger partial charge in [0.2, 0.25) is 0 Å². The molecule has 6 heteroatoms. The normalized spacial score (nSPS) is 30.2. The van der Waals surface area contributed by atoms with Crippen molar-refractivity contribution in [2.45, 2.75) is 26.7 Å². The number of likely N-dealkylation sites (N-methyl/N-ethyl adjacent to an activating group) is 1. The lowest BCUT2D eigenvalue weighted by Crippen LogP contribution is -3.00. The summed E-state index contributed by atoms with van der Waals surface area (Å²) in [5.74, 6) is 0.808. The number of hydrogen-bond acceptors (Lipinski definition) is 2. The molecule has 3 fully saturated rings. The Kier molecular flexibility index (Phi) is 9.73. The van der Waals surface area contributed by atoms with Crippen LogP contribution in [0, 0.1) is 11.8 Å². The molecule has 0 aromatic carbocycles. The van der Waals surface area contributed by atoms with Crippen molar-refractivity contribution in [3.05, 3.63) is 0 Å². The van der Waals surface area contributed by atoms with Gasteiger partial charge >= 0.3 is 5.97 Å². The first-order chi connectivity index (χ1) is 9.41. The first-order valence-electron chi connectivity index (χ1n) is 8.25. The number of ether oxygens (including phenoxy) is 1. The first kappa shape index (κ1) is 22.9. The first-order valence-corrected chi connectivity index (χ1v) is 8.25. The van der Waals surface area contributed by atoms with Gasteiger partial charge in [-0.15, -0.1) is 0 Å². The lowest BCUT2D eigenvalue weighted by atomic mass is 9.77. The SMILES string of the molecule is CC[N+](C)(CC)CCOC(=O)C1C[N+]2(C)CCC1CC2.[I-].[I-]. The summed E-state index contributed by atoms with van der Waals surface area (Å²) < 4.78 is 7.67. The van der Waals surface area contributed by atoms with Gasteiger partial charge in [-0.05, 0) is 19.8 Å². The summed E-state index contributed by atoms with van der Waals surface area (Å²) in [6, 6.07) is 0. The van der Waals surface area contributed by atoms with Crippen LogP contribution in [0.15, 0.2) is 0 Å². The van der Waals surface area contributed by atoms with Gasteiger partial charge in [-0.2, -0.15) is 0 Å². The number of hydrogen-bond donors (Lipinski definition) is 0. The van der Waals surface area contributed by atoms with Crippen LogP contribution in [0.2, 0.25) is 0 Å². The molecule has 0 amide bonds. The molecule has 0 saturated carbocycles. The van der Waals surface area contributed by atoms with E-state index in [2.05, 4.69) is 27.9 Å². The average Bonchev–Trinajstić information content (AvgIpc) is 2.47. The van der Waals surface area contributed by atoms with Gasteiger partial charge < -0.3 is 61.7 Å². The van der Waals surface area contributed by atoms with E-state index in [9.17, 15) is 4.79 Å². The van der Waals surface area contributed by atoms with Gasteiger partial charge in [0.05, 0.1) is 46.8 Å². The number of fused-ring (bicyclic) bond motifs is 3. The van der Waals surface area contributed by atoms with E-state index < -0.39 is 0 Å². The van der Waals surface area contributed by atoms with Crippen LogP contribution in [-0.4, -0.2) is 74.9 Å². The molecule has 22 heavy (non-hydrogen) atoms. The summed E-state index contributed by atoms with van der Waals surface area (Å²) in [5, 5.41) is 0. The zero-order valence-corrected chi connectivity index (χ0v) is 18.8. The predicted molar refractivity (Wildman–Crippen MR) is 80.1 cm³/mol. The Labute approximate surface area is 170 Å². The van der Waals surface area contributed by atoms with E-state index in [0.29, 0.717) is 12.5 Å². The summed E-state index contributed by atoms with van der Waals surface area (Å²) in [4.78, 5) is 12.4. The molecule has 0 radical (unpaired) electrons. The Morgan fingerprint density at radius 2 is 1.73 bits per heavy atom.